The van der Waals surface area contributed by atoms with Crippen molar-refractivity contribution in [2.75, 3.05) is 5.32 Å². The summed E-state index contributed by atoms with van der Waals surface area (Å²) in [6.45, 7) is 3.42. The molecule has 0 saturated carbocycles. The summed E-state index contributed by atoms with van der Waals surface area (Å²) in [6.07, 6.45) is 0. The molecule has 1 aromatic heterocycles. The molecule has 30 heavy (non-hydrogen) atoms. The number of halogens is 2. The first-order valence-corrected chi connectivity index (χ1v) is 10.4. The highest BCUT2D eigenvalue weighted by molar-refractivity contribution is 9.10. The van der Waals surface area contributed by atoms with Crippen LogP contribution in [0.3, 0.4) is 0 Å². The van der Waals surface area contributed by atoms with Crippen molar-refractivity contribution in [3.8, 4) is 17.2 Å². The van der Waals surface area contributed by atoms with Crippen LogP contribution < -0.4 is 10.1 Å². The quantitative estimate of drug-likeness (QED) is 0.341. The van der Waals surface area contributed by atoms with E-state index in [1.54, 1.807) is 44.2 Å². The summed E-state index contributed by atoms with van der Waals surface area (Å²) in [4.78, 5) is 17.3. The van der Waals surface area contributed by atoms with Gasteiger partial charge in [-0.1, -0.05) is 39.7 Å². The van der Waals surface area contributed by atoms with Crippen LogP contribution in [0, 0.1) is 0 Å². The molecule has 0 radical (unpaired) electrons. The number of nitrogens with one attached hydrogen (secondary N) is 1. The fourth-order valence-corrected chi connectivity index (χ4v) is 3.34. The zero-order valence-corrected chi connectivity index (χ0v) is 18.6. The Hall–Kier alpha value is -2.83. The van der Waals surface area contributed by atoms with Crippen molar-refractivity contribution in [3.63, 3.8) is 0 Å². The molecule has 3 aromatic carbocycles. The number of aromatic nitrogens is 1. The highest BCUT2D eigenvalue weighted by Crippen LogP contribution is 2.32. The van der Waals surface area contributed by atoms with E-state index in [0.717, 1.165) is 9.99 Å². The second kappa shape index (κ2) is 8.13. The molecule has 1 N–H and O–H groups in total. The Morgan fingerprint density at radius 1 is 1.10 bits per heavy atom. The third-order valence-electron chi connectivity index (χ3n) is 4.48. The smallest absolute Gasteiger partial charge is 0.267 e. The van der Waals surface area contributed by atoms with Crippen LogP contribution in [0.2, 0.25) is 5.02 Å². The molecule has 0 spiro atoms. The summed E-state index contributed by atoms with van der Waals surface area (Å²) in [5.41, 5.74) is 1.47. The average molecular weight is 486 g/mol. The Morgan fingerprint density at radius 3 is 2.57 bits per heavy atom. The molecule has 5 nitrogen and oxygen atoms in total. The normalized spacial score (nSPS) is 11.5. The molecular weight excluding hydrogens is 468 g/mol. The van der Waals surface area contributed by atoms with Gasteiger partial charge in [0.2, 0.25) is 5.89 Å². The minimum absolute atomic E-state index is 0.295. The highest BCUT2D eigenvalue weighted by atomic mass is 79.9. The van der Waals surface area contributed by atoms with Crippen LogP contribution in [-0.4, -0.2) is 16.5 Å². The molecule has 0 aliphatic carbocycles. The standard InChI is InChI=1S/C23H18BrClN2O3/c1-23(2,30-16-10-7-14(24)8-11-16)22(28)26-15-9-12-18(25)17(13-15)21-27-19-5-3-4-6-20(19)29-21/h3-13H,1-2H3,(H,26,28). The summed E-state index contributed by atoms with van der Waals surface area (Å²) in [6, 6.07) is 19.9. The first-order valence-electron chi connectivity index (χ1n) is 9.23. The summed E-state index contributed by atoms with van der Waals surface area (Å²) in [5, 5.41) is 3.36. The number of amides is 1. The van der Waals surface area contributed by atoms with E-state index in [2.05, 4.69) is 26.2 Å². The van der Waals surface area contributed by atoms with Crippen LogP contribution in [-0.2, 0) is 4.79 Å². The predicted molar refractivity (Wildman–Crippen MR) is 122 cm³/mol. The molecule has 7 heteroatoms. The van der Waals surface area contributed by atoms with Crippen LogP contribution in [0.25, 0.3) is 22.6 Å². The van der Waals surface area contributed by atoms with Crippen molar-refractivity contribution in [2.24, 2.45) is 0 Å². The highest BCUT2D eigenvalue weighted by Gasteiger charge is 2.30. The van der Waals surface area contributed by atoms with Gasteiger partial charge in [-0.15, -0.1) is 0 Å². The number of carbonyl (C=O) groups is 1. The van der Waals surface area contributed by atoms with E-state index >= 15 is 0 Å². The number of nitrogens with zero attached hydrogens (tertiary/aromatic N) is 1. The lowest BCUT2D eigenvalue weighted by atomic mass is 10.1. The lowest BCUT2D eigenvalue weighted by Gasteiger charge is -2.25. The van der Waals surface area contributed by atoms with Crippen LogP contribution in [0.5, 0.6) is 5.75 Å². The molecule has 0 atom stereocenters. The SMILES string of the molecule is CC(C)(Oc1ccc(Br)cc1)C(=O)Nc1ccc(Cl)c(-c2nc3ccccc3o2)c1. The number of oxazole rings is 1. The summed E-state index contributed by atoms with van der Waals surface area (Å²) in [5.74, 6) is 0.695. The molecule has 1 heterocycles. The number of fused-ring (bicyclic) bond motifs is 1. The zero-order valence-electron chi connectivity index (χ0n) is 16.3. The zero-order chi connectivity index (χ0) is 21.3. The van der Waals surface area contributed by atoms with Crippen molar-refractivity contribution in [3.05, 3.63) is 76.2 Å². The minimum atomic E-state index is -1.09. The van der Waals surface area contributed by atoms with Gasteiger partial charge in [-0.25, -0.2) is 4.98 Å². The number of rotatable bonds is 5. The van der Waals surface area contributed by atoms with Crippen molar-refractivity contribution in [1.82, 2.24) is 4.98 Å². The summed E-state index contributed by atoms with van der Waals surface area (Å²) < 4.78 is 12.6. The van der Waals surface area contributed by atoms with E-state index in [1.807, 2.05) is 36.4 Å². The van der Waals surface area contributed by atoms with Gasteiger partial charge in [-0.05, 0) is 68.4 Å². The number of para-hydroxylation sites is 2. The minimum Gasteiger partial charge on any atom is -0.478 e. The monoisotopic (exact) mass is 484 g/mol. The molecule has 0 aliphatic rings. The molecule has 0 bridgehead atoms. The lowest BCUT2D eigenvalue weighted by molar-refractivity contribution is -0.128. The van der Waals surface area contributed by atoms with E-state index in [9.17, 15) is 4.79 Å². The number of carbonyl (C=O) groups excluding carboxylic acids is 1. The number of ether oxygens (including phenoxy) is 1. The maximum atomic E-state index is 12.9. The summed E-state index contributed by atoms with van der Waals surface area (Å²) >= 11 is 9.75. The molecule has 152 valence electrons. The van der Waals surface area contributed by atoms with Crippen molar-refractivity contribution in [2.45, 2.75) is 19.4 Å². The van der Waals surface area contributed by atoms with Gasteiger partial charge in [0.1, 0.15) is 11.3 Å². The number of hydrogen-bond donors (Lipinski definition) is 1. The van der Waals surface area contributed by atoms with Gasteiger partial charge in [-0.2, -0.15) is 0 Å². The maximum absolute atomic E-state index is 12.9. The van der Waals surface area contributed by atoms with Gasteiger partial charge in [0.05, 0.1) is 10.6 Å². The molecule has 0 aliphatic heterocycles. The van der Waals surface area contributed by atoms with Gasteiger partial charge < -0.3 is 14.5 Å². The Bertz CT molecular complexity index is 1190. The third-order valence-corrected chi connectivity index (χ3v) is 5.34. The fraction of sp³-hybridized carbons (Fsp3) is 0.130. The molecule has 0 fully saturated rings. The van der Waals surface area contributed by atoms with Crippen molar-refractivity contribution >= 4 is 50.2 Å². The first-order chi connectivity index (χ1) is 14.3. The van der Waals surface area contributed by atoms with Gasteiger partial charge in [0.25, 0.3) is 5.91 Å². The van der Waals surface area contributed by atoms with Gasteiger partial charge in [-0.3, -0.25) is 4.79 Å². The fourth-order valence-electron chi connectivity index (χ4n) is 2.88. The number of hydrogen-bond acceptors (Lipinski definition) is 4. The second-order valence-electron chi connectivity index (χ2n) is 7.20. The molecular formula is C23H18BrClN2O3. The molecule has 0 saturated heterocycles. The molecule has 1 amide bonds. The predicted octanol–water partition coefficient (Wildman–Crippen LogP) is 6.71. The van der Waals surface area contributed by atoms with E-state index < -0.39 is 5.60 Å². The van der Waals surface area contributed by atoms with Gasteiger partial charge >= 0.3 is 0 Å². The van der Waals surface area contributed by atoms with Crippen LogP contribution in [0.15, 0.2) is 75.6 Å². The lowest BCUT2D eigenvalue weighted by Crippen LogP contribution is -2.42. The van der Waals surface area contributed by atoms with Gasteiger partial charge in [0.15, 0.2) is 11.2 Å². The number of anilines is 1. The molecule has 4 rings (SSSR count). The Labute approximate surface area is 187 Å². The largest absolute Gasteiger partial charge is 0.478 e. The Balaban J connectivity index is 1.56. The third kappa shape index (κ3) is 4.35. The van der Waals surface area contributed by atoms with Gasteiger partial charge in [0, 0.05) is 10.2 Å². The maximum Gasteiger partial charge on any atom is 0.267 e. The van der Waals surface area contributed by atoms with Crippen molar-refractivity contribution < 1.29 is 13.9 Å². The molecule has 0 unspecified atom stereocenters. The van der Waals surface area contributed by atoms with Crippen LogP contribution in [0.4, 0.5) is 5.69 Å². The first kappa shape index (κ1) is 20.4. The average Bonchev–Trinajstić information content (AvgIpc) is 3.15. The Morgan fingerprint density at radius 2 is 1.83 bits per heavy atom. The van der Waals surface area contributed by atoms with E-state index in [1.165, 1.54) is 0 Å². The van der Waals surface area contributed by atoms with E-state index in [-0.39, 0.29) is 5.91 Å². The second-order valence-corrected chi connectivity index (χ2v) is 8.52. The topological polar surface area (TPSA) is 64.4 Å². The summed E-state index contributed by atoms with van der Waals surface area (Å²) in [7, 11) is 0. The van der Waals surface area contributed by atoms with Crippen LogP contribution in [0.1, 0.15) is 13.8 Å². The van der Waals surface area contributed by atoms with E-state index in [4.69, 9.17) is 20.8 Å². The molecule has 4 aromatic rings. The number of benzene rings is 3. The van der Waals surface area contributed by atoms with E-state index in [0.29, 0.717) is 33.5 Å². The van der Waals surface area contributed by atoms with Crippen molar-refractivity contribution in [1.29, 1.82) is 0 Å². The Kier molecular flexibility index (Phi) is 5.54. The van der Waals surface area contributed by atoms with Crippen LogP contribution >= 0.6 is 27.5 Å².